The maximum Gasteiger partial charge on any atom is 0.228 e. The first-order chi connectivity index (χ1) is 11.2. The van der Waals surface area contributed by atoms with Crippen LogP contribution in [0.5, 0.6) is 5.75 Å². The molecule has 0 unspecified atom stereocenters. The Balaban J connectivity index is 0.00000208. The Hall–Kier alpha value is -1.26. The number of aryl methyl sites for hydroxylation is 1. The molecule has 24 heavy (non-hydrogen) atoms. The highest BCUT2D eigenvalue weighted by atomic mass is 35.5. The zero-order valence-corrected chi connectivity index (χ0v) is 15.5. The molecule has 0 radical (unpaired) electrons. The number of fused-ring (bicyclic) bond motifs is 1. The van der Waals surface area contributed by atoms with Crippen LogP contribution in [0.4, 0.5) is 0 Å². The van der Waals surface area contributed by atoms with Gasteiger partial charge in [-0.3, -0.25) is 4.79 Å². The average Bonchev–Trinajstić information content (AvgIpc) is 2.99. The summed E-state index contributed by atoms with van der Waals surface area (Å²) in [5.41, 5.74) is 2.05. The molecule has 2 aliphatic rings. The molecule has 1 aliphatic carbocycles. The third kappa shape index (κ3) is 3.70. The van der Waals surface area contributed by atoms with Crippen molar-refractivity contribution >= 4 is 18.3 Å². The Labute approximate surface area is 151 Å². The van der Waals surface area contributed by atoms with Gasteiger partial charge in [0.1, 0.15) is 5.75 Å². The molecule has 1 heterocycles. The number of carbonyl (C=O) groups excluding carboxylic acids is 1. The number of hydrogen-bond acceptors (Lipinski definition) is 3. The van der Waals surface area contributed by atoms with Gasteiger partial charge in [0.2, 0.25) is 5.91 Å². The van der Waals surface area contributed by atoms with Crippen molar-refractivity contribution in [3.8, 4) is 5.75 Å². The highest BCUT2D eigenvalue weighted by molar-refractivity contribution is 5.85. The van der Waals surface area contributed by atoms with E-state index in [1.165, 1.54) is 24.8 Å². The van der Waals surface area contributed by atoms with Crippen LogP contribution >= 0.6 is 12.4 Å². The molecule has 0 bridgehead atoms. The molecule has 4 nitrogen and oxygen atoms in total. The van der Waals surface area contributed by atoms with Crippen molar-refractivity contribution in [2.75, 3.05) is 19.7 Å². The summed E-state index contributed by atoms with van der Waals surface area (Å²) in [6.07, 6.45) is 4.62. The minimum atomic E-state index is -0.186. The number of hydrogen-bond donors (Lipinski definition) is 2. The molecule has 2 atom stereocenters. The molecular formula is C19H29ClN2O2. The highest BCUT2D eigenvalue weighted by Crippen LogP contribution is 2.44. The number of carbonyl (C=O) groups is 1. The summed E-state index contributed by atoms with van der Waals surface area (Å²) in [6.45, 7) is 7.04. The van der Waals surface area contributed by atoms with Gasteiger partial charge >= 0.3 is 0 Å². The topological polar surface area (TPSA) is 50.4 Å². The molecule has 1 amide bonds. The molecule has 1 saturated carbocycles. The first-order valence-corrected chi connectivity index (χ1v) is 8.87. The maximum absolute atomic E-state index is 12.9. The van der Waals surface area contributed by atoms with Gasteiger partial charge in [-0.15, -0.1) is 12.4 Å². The summed E-state index contributed by atoms with van der Waals surface area (Å²) in [6, 6.07) is 6.18. The number of nitrogens with one attached hydrogen (secondary N) is 2. The van der Waals surface area contributed by atoms with E-state index in [0.29, 0.717) is 19.1 Å². The lowest BCUT2D eigenvalue weighted by molar-refractivity contribution is -0.134. The largest absolute Gasteiger partial charge is 0.494 e. The van der Waals surface area contributed by atoms with Crippen molar-refractivity contribution in [2.45, 2.75) is 46.1 Å². The normalized spacial score (nSPS) is 25.5. The second-order valence-electron chi connectivity index (χ2n) is 6.96. The average molecular weight is 353 g/mol. The fourth-order valence-electron chi connectivity index (χ4n) is 4.14. The van der Waals surface area contributed by atoms with Gasteiger partial charge in [-0.2, -0.15) is 0 Å². The number of halogens is 1. The number of ether oxygens (including phenoxy) is 1. The van der Waals surface area contributed by atoms with Crippen LogP contribution in [0.2, 0.25) is 0 Å². The minimum absolute atomic E-state index is 0. The van der Waals surface area contributed by atoms with Gasteiger partial charge in [-0.1, -0.05) is 25.0 Å². The molecule has 0 aromatic heterocycles. The van der Waals surface area contributed by atoms with Crippen molar-refractivity contribution < 1.29 is 9.53 Å². The van der Waals surface area contributed by atoms with Crippen molar-refractivity contribution in [1.82, 2.24) is 10.6 Å². The standard InChI is InChI=1S/C19H28N2O2.ClH/c1-3-23-17-10-14(2)7-8-15(17)11-21-18(22)19-9-5-4-6-16(19)12-20-13-19;/h7-8,10,16,20H,3-6,9,11-13H2,1-2H3,(H,21,22);1H/t16-,19+;/m0./s1. The SMILES string of the molecule is CCOc1cc(C)ccc1CNC(=O)[C@@]12CCCC[C@H]1CNC2.Cl. The molecular weight excluding hydrogens is 324 g/mol. The lowest BCUT2D eigenvalue weighted by atomic mass is 9.67. The number of benzene rings is 1. The van der Waals surface area contributed by atoms with E-state index in [9.17, 15) is 4.79 Å². The van der Waals surface area contributed by atoms with Crippen molar-refractivity contribution in [3.05, 3.63) is 29.3 Å². The van der Waals surface area contributed by atoms with Crippen molar-refractivity contribution in [2.24, 2.45) is 11.3 Å². The monoisotopic (exact) mass is 352 g/mol. The first kappa shape index (κ1) is 19.1. The molecule has 1 saturated heterocycles. The van der Waals surface area contributed by atoms with Crippen LogP contribution < -0.4 is 15.4 Å². The molecule has 5 heteroatoms. The van der Waals surface area contributed by atoms with Gasteiger partial charge in [-0.05, 0) is 50.8 Å². The summed E-state index contributed by atoms with van der Waals surface area (Å²) < 4.78 is 5.72. The van der Waals surface area contributed by atoms with Gasteiger partial charge in [0, 0.05) is 18.7 Å². The van der Waals surface area contributed by atoms with E-state index in [-0.39, 0.29) is 23.7 Å². The van der Waals surface area contributed by atoms with Gasteiger partial charge < -0.3 is 15.4 Å². The fraction of sp³-hybridized carbons (Fsp3) is 0.632. The quantitative estimate of drug-likeness (QED) is 0.855. The Morgan fingerprint density at radius 2 is 2.25 bits per heavy atom. The summed E-state index contributed by atoms with van der Waals surface area (Å²) in [5.74, 6) is 1.60. The van der Waals surface area contributed by atoms with Crippen LogP contribution in [0.3, 0.4) is 0 Å². The second-order valence-corrected chi connectivity index (χ2v) is 6.96. The van der Waals surface area contributed by atoms with E-state index in [2.05, 4.69) is 29.7 Å². The predicted molar refractivity (Wildman–Crippen MR) is 98.7 cm³/mol. The van der Waals surface area contributed by atoms with Crippen LogP contribution in [0.15, 0.2) is 18.2 Å². The Morgan fingerprint density at radius 3 is 3.04 bits per heavy atom. The fourth-order valence-corrected chi connectivity index (χ4v) is 4.14. The second kappa shape index (κ2) is 8.21. The van der Waals surface area contributed by atoms with E-state index in [1.807, 2.05) is 13.0 Å². The third-order valence-corrected chi connectivity index (χ3v) is 5.45. The smallest absolute Gasteiger partial charge is 0.228 e. The minimum Gasteiger partial charge on any atom is -0.494 e. The Bertz CT molecular complexity index is 578. The first-order valence-electron chi connectivity index (χ1n) is 8.87. The van der Waals surface area contributed by atoms with Gasteiger partial charge in [-0.25, -0.2) is 0 Å². The summed E-state index contributed by atoms with van der Waals surface area (Å²) in [5, 5.41) is 6.63. The van der Waals surface area contributed by atoms with Crippen molar-refractivity contribution in [3.63, 3.8) is 0 Å². The Kier molecular flexibility index (Phi) is 6.53. The van der Waals surface area contributed by atoms with Crippen molar-refractivity contribution in [1.29, 1.82) is 0 Å². The number of rotatable bonds is 5. The van der Waals surface area contributed by atoms with Crippen LogP contribution in [0, 0.1) is 18.3 Å². The zero-order chi connectivity index (χ0) is 16.3. The highest BCUT2D eigenvalue weighted by Gasteiger charge is 2.49. The summed E-state index contributed by atoms with van der Waals surface area (Å²) in [7, 11) is 0. The van der Waals surface area contributed by atoms with Gasteiger partial charge in [0.15, 0.2) is 0 Å². The zero-order valence-electron chi connectivity index (χ0n) is 14.7. The molecule has 0 spiro atoms. The molecule has 3 rings (SSSR count). The van der Waals surface area contributed by atoms with E-state index in [0.717, 1.165) is 30.8 Å². The lowest BCUT2D eigenvalue weighted by Crippen LogP contribution is -2.47. The van der Waals surface area contributed by atoms with E-state index in [4.69, 9.17) is 4.74 Å². The van der Waals surface area contributed by atoms with E-state index in [1.54, 1.807) is 0 Å². The van der Waals surface area contributed by atoms with Gasteiger partial charge in [0.05, 0.1) is 12.0 Å². The van der Waals surface area contributed by atoms with E-state index >= 15 is 0 Å². The van der Waals surface area contributed by atoms with Crippen LogP contribution in [-0.2, 0) is 11.3 Å². The summed E-state index contributed by atoms with van der Waals surface area (Å²) in [4.78, 5) is 12.9. The maximum atomic E-state index is 12.9. The molecule has 1 aliphatic heterocycles. The molecule has 134 valence electrons. The van der Waals surface area contributed by atoms with Crippen LogP contribution in [0.1, 0.15) is 43.7 Å². The van der Waals surface area contributed by atoms with Crippen LogP contribution in [-0.4, -0.2) is 25.6 Å². The predicted octanol–water partition coefficient (Wildman–Crippen LogP) is 3.21. The molecule has 1 aromatic carbocycles. The molecule has 2 N–H and O–H groups in total. The molecule has 2 fully saturated rings. The third-order valence-electron chi connectivity index (χ3n) is 5.45. The lowest BCUT2D eigenvalue weighted by Gasteiger charge is -2.37. The van der Waals surface area contributed by atoms with E-state index < -0.39 is 0 Å². The summed E-state index contributed by atoms with van der Waals surface area (Å²) >= 11 is 0. The number of amides is 1. The van der Waals surface area contributed by atoms with Crippen LogP contribution in [0.25, 0.3) is 0 Å². The Morgan fingerprint density at radius 1 is 1.42 bits per heavy atom. The molecule has 1 aromatic rings. The van der Waals surface area contributed by atoms with Gasteiger partial charge in [0.25, 0.3) is 0 Å².